The number of halogens is 3. The number of hydrogen-bond acceptors (Lipinski definition) is 5. The lowest BCUT2D eigenvalue weighted by atomic mass is 9.81. The minimum atomic E-state index is -1.08. The molecule has 1 aromatic rings. The van der Waals surface area contributed by atoms with Crippen LogP contribution >= 0.6 is 47.8 Å². The van der Waals surface area contributed by atoms with E-state index in [2.05, 4.69) is 53.1 Å². The standard InChI is InChI=1S/C22H23Br3N2O5/c1-8-4-11(5-9(2)17(8)23)26-14(28)7-32-22(31)10(3)27-20(29)15-12-6-13(16(15)21(27)30)19(25)18(12)24/h4-5,10,12-13,15-16,18-19H,6-7H2,1-3H3,(H,26,28)/t10-,12+,13+,15-,16+,18-,19+/m0/s1. The Bertz CT molecular complexity index is 960. The second-order valence-electron chi connectivity index (χ2n) is 8.81. The van der Waals surface area contributed by atoms with Crippen LogP contribution in [0.15, 0.2) is 16.6 Å². The Morgan fingerprint density at radius 1 is 1.09 bits per heavy atom. The molecular weight excluding hydrogens is 612 g/mol. The Labute approximate surface area is 211 Å². The molecule has 172 valence electrons. The van der Waals surface area contributed by atoms with Crippen molar-refractivity contribution in [3.05, 3.63) is 27.7 Å². The molecule has 2 saturated carbocycles. The topological polar surface area (TPSA) is 92.8 Å². The zero-order valence-electron chi connectivity index (χ0n) is 17.7. The molecule has 10 heteroatoms. The van der Waals surface area contributed by atoms with E-state index in [0.29, 0.717) is 5.69 Å². The Balaban J connectivity index is 1.37. The fourth-order valence-corrected chi connectivity index (χ4v) is 7.43. The maximum atomic E-state index is 13.0. The third-order valence-corrected chi connectivity index (χ3v) is 11.3. The van der Waals surface area contributed by atoms with Crippen LogP contribution in [0.1, 0.15) is 24.5 Å². The van der Waals surface area contributed by atoms with E-state index in [1.165, 1.54) is 6.92 Å². The average Bonchev–Trinajstić information content (AvgIpc) is 3.34. The lowest BCUT2D eigenvalue weighted by Gasteiger charge is -2.28. The molecule has 0 radical (unpaired) electrons. The van der Waals surface area contributed by atoms with Gasteiger partial charge in [0.2, 0.25) is 11.8 Å². The summed E-state index contributed by atoms with van der Waals surface area (Å²) in [5, 5.41) is 2.70. The lowest BCUT2D eigenvalue weighted by molar-refractivity contribution is -0.159. The molecule has 1 aromatic carbocycles. The van der Waals surface area contributed by atoms with Gasteiger partial charge in [-0.2, -0.15) is 0 Å². The van der Waals surface area contributed by atoms with E-state index in [-0.39, 0.29) is 33.3 Å². The Morgan fingerprint density at radius 2 is 1.59 bits per heavy atom. The summed E-state index contributed by atoms with van der Waals surface area (Å²) in [6.07, 6.45) is 0.820. The first-order valence-corrected chi connectivity index (χ1v) is 13.0. The van der Waals surface area contributed by atoms with Crippen LogP contribution in [-0.2, 0) is 23.9 Å². The van der Waals surface area contributed by atoms with Gasteiger partial charge in [-0.05, 0) is 62.3 Å². The van der Waals surface area contributed by atoms with Gasteiger partial charge in [0, 0.05) is 19.8 Å². The highest BCUT2D eigenvalue weighted by Crippen LogP contribution is 2.60. The molecule has 1 heterocycles. The fraction of sp³-hybridized carbons (Fsp3) is 0.545. The first kappa shape index (κ1) is 23.9. The summed E-state index contributed by atoms with van der Waals surface area (Å²) < 4.78 is 6.10. The van der Waals surface area contributed by atoms with E-state index in [9.17, 15) is 19.2 Å². The van der Waals surface area contributed by atoms with E-state index in [1.54, 1.807) is 0 Å². The number of amides is 3. The number of carbonyl (C=O) groups excluding carboxylic acids is 4. The van der Waals surface area contributed by atoms with Crippen molar-refractivity contribution >= 4 is 77.2 Å². The number of carbonyl (C=O) groups is 4. The van der Waals surface area contributed by atoms with Gasteiger partial charge in [0.15, 0.2) is 6.61 Å². The van der Waals surface area contributed by atoms with E-state index in [0.717, 1.165) is 26.9 Å². The van der Waals surface area contributed by atoms with Crippen molar-refractivity contribution in [2.75, 3.05) is 11.9 Å². The maximum Gasteiger partial charge on any atom is 0.329 e. The Kier molecular flexibility index (Phi) is 6.59. The normalized spacial score (nSPS) is 31.6. The number of anilines is 1. The van der Waals surface area contributed by atoms with Crippen LogP contribution in [0.2, 0.25) is 0 Å². The number of hydrogen-bond donors (Lipinski definition) is 1. The van der Waals surface area contributed by atoms with Crippen LogP contribution in [0.5, 0.6) is 0 Å². The molecule has 4 rings (SSSR count). The molecule has 0 unspecified atom stereocenters. The van der Waals surface area contributed by atoms with Gasteiger partial charge in [0.1, 0.15) is 6.04 Å². The van der Waals surface area contributed by atoms with Gasteiger partial charge in [-0.3, -0.25) is 19.3 Å². The molecule has 1 N–H and O–H groups in total. The van der Waals surface area contributed by atoms with E-state index < -0.39 is 36.4 Å². The van der Waals surface area contributed by atoms with Crippen molar-refractivity contribution in [3.8, 4) is 0 Å². The first-order chi connectivity index (χ1) is 15.0. The summed E-state index contributed by atoms with van der Waals surface area (Å²) in [7, 11) is 0. The number of benzene rings is 1. The molecule has 3 fully saturated rings. The molecule has 1 saturated heterocycles. The van der Waals surface area contributed by atoms with Gasteiger partial charge in [-0.15, -0.1) is 0 Å². The van der Waals surface area contributed by atoms with Crippen LogP contribution in [0.3, 0.4) is 0 Å². The average molecular weight is 635 g/mol. The summed E-state index contributed by atoms with van der Waals surface area (Å²) >= 11 is 10.8. The molecule has 2 bridgehead atoms. The van der Waals surface area contributed by atoms with Crippen molar-refractivity contribution in [1.82, 2.24) is 4.90 Å². The SMILES string of the molecule is Cc1cc(NC(=O)COC(=O)[C@H](C)N2C(=O)[C@@H]3[C@H]4C[C@@H]([C@H](Br)[C@@H]4Br)[C@@H]3C2=O)cc(C)c1Br. The first-order valence-electron chi connectivity index (χ1n) is 10.4. The second-order valence-corrected chi connectivity index (χ2v) is 11.7. The van der Waals surface area contributed by atoms with Crippen molar-refractivity contribution in [1.29, 1.82) is 0 Å². The van der Waals surface area contributed by atoms with Gasteiger partial charge < -0.3 is 10.1 Å². The molecule has 0 spiro atoms. The number of imide groups is 1. The quantitative estimate of drug-likeness (QED) is 0.303. The summed E-state index contributed by atoms with van der Waals surface area (Å²) in [4.78, 5) is 52.2. The zero-order chi connectivity index (χ0) is 23.5. The van der Waals surface area contributed by atoms with Crippen LogP contribution < -0.4 is 5.32 Å². The Hall–Kier alpha value is -1.26. The number of alkyl halides is 2. The number of ether oxygens (including phenoxy) is 1. The third kappa shape index (κ3) is 3.86. The van der Waals surface area contributed by atoms with Crippen molar-refractivity contribution in [3.63, 3.8) is 0 Å². The largest absolute Gasteiger partial charge is 0.454 e. The van der Waals surface area contributed by atoms with Crippen molar-refractivity contribution in [2.24, 2.45) is 23.7 Å². The molecule has 7 nitrogen and oxygen atoms in total. The number of nitrogens with zero attached hydrogens (tertiary/aromatic N) is 1. The molecule has 7 atom stereocenters. The highest BCUT2D eigenvalue weighted by atomic mass is 79.9. The molecule has 3 amide bonds. The number of aryl methyl sites for hydroxylation is 2. The number of esters is 1. The smallest absolute Gasteiger partial charge is 0.329 e. The van der Waals surface area contributed by atoms with E-state index in [1.807, 2.05) is 26.0 Å². The van der Waals surface area contributed by atoms with Gasteiger partial charge in [0.25, 0.3) is 5.91 Å². The number of rotatable bonds is 5. The van der Waals surface area contributed by atoms with E-state index >= 15 is 0 Å². The third-order valence-electron chi connectivity index (χ3n) is 6.82. The highest BCUT2D eigenvalue weighted by molar-refractivity contribution is 9.12. The van der Waals surface area contributed by atoms with Crippen LogP contribution in [-0.4, -0.2) is 50.9 Å². The van der Waals surface area contributed by atoms with Crippen molar-refractivity contribution < 1.29 is 23.9 Å². The summed E-state index contributed by atoms with van der Waals surface area (Å²) in [5.74, 6) is -2.54. The minimum absolute atomic E-state index is 0.0719. The van der Waals surface area contributed by atoms with Crippen LogP contribution in [0.25, 0.3) is 0 Å². The lowest BCUT2D eigenvalue weighted by Crippen LogP contribution is -2.45. The van der Waals surface area contributed by atoms with Gasteiger partial charge in [-0.25, -0.2) is 4.79 Å². The van der Waals surface area contributed by atoms with Gasteiger partial charge in [-0.1, -0.05) is 47.8 Å². The predicted octanol–water partition coefficient (Wildman–Crippen LogP) is 3.71. The van der Waals surface area contributed by atoms with Gasteiger partial charge >= 0.3 is 5.97 Å². The number of nitrogens with one attached hydrogen (secondary N) is 1. The van der Waals surface area contributed by atoms with Crippen LogP contribution in [0, 0.1) is 37.5 Å². The van der Waals surface area contributed by atoms with E-state index in [4.69, 9.17) is 4.74 Å². The monoisotopic (exact) mass is 632 g/mol. The minimum Gasteiger partial charge on any atom is -0.454 e. The molecule has 3 aliphatic rings. The van der Waals surface area contributed by atoms with Gasteiger partial charge in [0.05, 0.1) is 11.8 Å². The number of fused-ring (bicyclic) bond motifs is 5. The molecule has 1 aliphatic heterocycles. The number of likely N-dealkylation sites (tertiary alicyclic amines) is 1. The summed E-state index contributed by atoms with van der Waals surface area (Å²) in [5.41, 5.74) is 2.53. The van der Waals surface area contributed by atoms with Crippen LogP contribution in [0.4, 0.5) is 5.69 Å². The molecule has 0 aromatic heterocycles. The predicted molar refractivity (Wildman–Crippen MR) is 129 cm³/mol. The Morgan fingerprint density at radius 3 is 2.09 bits per heavy atom. The summed E-state index contributed by atoms with van der Waals surface area (Å²) in [6.45, 7) is 4.79. The highest BCUT2D eigenvalue weighted by Gasteiger charge is 2.67. The second kappa shape index (κ2) is 8.83. The summed E-state index contributed by atoms with van der Waals surface area (Å²) in [6, 6.07) is 2.54. The molecule has 32 heavy (non-hydrogen) atoms. The van der Waals surface area contributed by atoms with Crippen molar-refractivity contribution in [2.45, 2.75) is 42.9 Å². The molecule has 2 aliphatic carbocycles. The fourth-order valence-electron chi connectivity index (χ4n) is 5.33. The maximum absolute atomic E-state index is 13.0. The molecular formula is C22H23Br3N2O5. The zero-order valence-corrected chi connectivity index (χ0v) is 22.5.